The first-order chi connectivity index (χ1) is 10.6. The molecule has 1 aromatic carbocycles. The molecule has 0 spiro atoms. The molecule has 1 unspecified atom stereocenters. The van der Waals surface area contributed by atoms with E-state index in [9.17, 15) is 0 Å². The lowest BCUT2D eigenvalue weighted by Gasteiger charge is -2.14. The van der Waals surface area contributed by atoms with Crippen LogP contribution in [-0.2, 0) is 6.54 Å². The van der Waals surface area contributed by atoms with Gasteiger partial charge in [0.2, 0.25) is 0 Å². The highest BCUT2D eigenvalue weighted by atomic mass is 35.5. The lowest BCUT2D eigenvalue weighted by Crippen LogP contribution is -2.25. The highest BCUT2D eigenvalue weighted by Crippen LogP contribution is 2.30. The summed E-state index contributed by atoms with van der Waals surface area (Å²) in [7, 11) is 0. The Balaban J connectivity index is 2.23. The molecule has 2 N–H and O–H groups in total. The van der Waals surface area contributed by atoms with Crippen LogP contribution in [0.25, 0.3) is 22.6 Å². The lowest BCUT2D eigenvalue weighted by molar-refractivity contribution is 0.549. The Morgan fingerprint density at radius 2 is 2.09 bits per heavy atom. The van der Waals surface area contributed by atoms with Gasteiger partial charge in [-0.25, -0.2) is 9.97 Å². The summed E-state index contributed by atoms with van der Waals surface area (Å²) in [5.41, 5.74) is 9.88. The molecule has 3 aromatic rings. The topological polar surface area (TPSA) is 56.7 Å². The number of hydrogen-bond donors (Lipinski definition) is 1. The van der Waals surface area contributed by atoms with Gasteiger partial charge in [0.25, 0.3) is 0 Å². The third-order valence-electron chi connectivity index (χ3n) is 3.78. The first-order valence-corrected chi connectivity index (χ1v) is 7.81. The van der Waals surface area contributed by atoms with Gasteiger partial charge in [0.1, 0.15) is 11.3 Å². The Kier molecular flexibility index (Phi) is 4.14. The van der Waals surface area contributed by atoms with Crippen molar-refractivity contribution in [2.24, 2.45) is 5.73 Å². The molecule has 22 heavy (non-hydrogen) atoms. The van der Waals surface area contributed by atoms with E-state index < -0.39 is 0 Å². The van der Waals surface area contributed by atoms with E-state index in [1.807, 2.05) is 43.5 Å². The zero-order chi connectivity index (χ0) is 15.7. The summed E-state index contributed by atoms with van der Waals surface area (Å²) >= 11 is 6.36. The van der Waals surface area contributed by atoms with Crippen molar-refractivity contribution in [2.75, 3.05) is 0 Å². The van der Waals surface area contributed by atoms with Gasteiger partial charge in [-0.1, -0.05) is 30.7 Å². The first-order valence-electron chi connectivity index (χ1n) is 7.43. The van der Waals surface area contributed by atoms with Gasteiger partial charge in [0.05, 0.1) is 5.02 Å². The number of nitrogens with two attached hydrogens (primary N) is 1. The third-order valence-corrected chi connectivity index (χ3v) is 4.11. The quantitative estimate of drug-likeness (QED) is 0.797. The molecule has 0 aliphatic carbocycles. The summed E-state index contributed by atoms with van der Waals surface area (Å²) in [6.07, 6.45) is 2.75. The molecule has 0 fully saturated rings. The SMILES string of the molecule is CCC(N)Cn1c(-c2ccccc2Cl)nc2cc(C)cnc21. The molecule has 0 saturated heterocycles. The van der Waals surface area contributed by atoms with Gasteiger partial charge in [0, 0.05) is 24.3 Å². The van der Waals surface area contributed by atoms with Gasteiger partial charge in [-0.15, -0.1) is 0 Å². The van der Waals surface area contributed by atoms with Crippen LogP contribution >= 0.6 is 11.6 Å². The van der Waals surface area contributed by atoms with Crippen LogP contribution in [-0.4, -0.2) is 20.6 Å². The average Bonchev–Trinajstić information content (AvgIpc) is 2.85. The predicted molar refractivity (Wildman–Crippen MR) is 91.0 cm³/mol. The highest BCUT2D eigenvalue weighted by Gasteiger charge is 2.17. The minimum absolute atomic E-state index is 0.0572. The number of hydrogen-bond acceptors (Lipinski definition) is 3. The zero-order valence-electron chi connectivity index (χ0n) is 12.8. The molecule has 2 heterocycles. The number of imidazole rings is 1. The second-order valence-corrected chi connectivity index (χ2v) is 5.96. The fourth-order valence-corrected chi connectivity index (χ4v) is 2.72. The van der Waals surface area contributed by atoms with Crippen molar-refractivity contribution >= 4 is 22.8 Å². The van der Waals surface area contributed by atoms with E-state index in [1.165, 1.54) is 0 Å². The van der Waals surface area contributed by atoms with E-state index in [0.717, 1.165) is 34.5 Å². The van der Waals surface area contributed by atoms with E-state index in [-0.39, 0.29) is 6.04 Å². The van der Waals surface area contributed by atoms with Crippen molar-refractivity contribution in [3.63, 3.8) is 0 Å². The van der Waals surface area contributed by atoms with Crippen molar-refractivity contribution in [2.45, 2.75) is 32.9 Å². The van der Waals surface area contributed by atoms with Crippen molar-refractivity contribution in [1.82, 2.24) is 14.5 Å². The van der Waals surface area contributed by atoms with Crippen molar-refractivity contribution in [3.05, 3.63) is 47.1 Å². The Labute approximate surface area is 134 Å². The molecule has 0 bridgehead atoms. The maximum absolute atomic E-state index is 6.36. The summed E-state index contributed by atoms with van der Waals surface area (Å²) in [5, 5.41) is 0.681. The molecular formula is C17H19ClN4. The molecule has 0 aliphatic rings. The van der Waals surface area contributed by atoms with E-state index >= 15 is 0 Å². The van der Waals surface area contributed by atoms with Gasteiger partial charge in [-0.05, 0) is 37.1 Å². The van der Waals surface area contributed by atoms with Crippen LogP contribution in [0, 0.1) is 6.92 Å². The molecule has 4 nitrogen and oxygen atoms in total. The zero-order valence-corrected chi connectivity index (χ0v) is 13.5. The van der Waals surface area contributed by atoms with Gasteiger partial charge in [-0.3, -0.25) is 0 Å². The first kappa shape index (κ1) is 15.0. The smallest absolute Gasteiger partial charge is 0.160 e. The second kappa shape index (κ2) is 6.07. The summed E-state index contributed by atoms with van der Waals surface area (Å²) in [5.74, 6) is 0.822. The summed E-state index contributed by atoms with van der Waals surface area (Å²) in [6, 6.07) is 9.82. The summed E-state index contributed by atoms with van der Waals surface area (Å²) in [4.78, 5) is 9.30. The van der Waals surface area contributed by atoms with E-state index in [2.05, 4.69) is 16.5 Å². The van der Waals surface area contributed by atoms with Crippen LogP contribution < -0.4 is 5.73 Å². The number of aromatic nitrogens is 3. The Hall–Kier alpha value is -1.91. The average molecular weight is 315 g/mol. The fourth-order valence-electron chi connectivity index (χ4n) is 2.50. The van der Waals surface area contributed by atoms with Crippen molar-refractivity contribution in [3.8, 4) is 11.4 Å². The Morgan fingerprint density at radius 3 is 2.82 bits per heavy atom. The molecule has 3 rings (SSSR count). The lowest BCUT2D eigenvalue weighted by atomic mass is 10.2. The minimum atomic E-state index is 0.0572. The molecule has 5 heteroatoms. The van der Waals surface area contributed by atoms with Crippen LogP contribution in [0.2, 0.25) is 5.02 Å². The van der Waals surface area contributed by atoms with Gasteiger partial charge >= 0.3 is 0 Å². The highest BCUT2D eigenvalue weighted by molar-refractivity contribution is 6.33. The molecule has 2 aromatic heterocycles. The number of aryl methyl sites for hydroxylation is 1. The number of nitrogens with zero attached hydrogens (tertiary/aromatic N) is 3. The number of rotatable bonds is 4. The standard InChI is InChI=1S/C17H19ClN4/c1-3-12(19)10-22-16(13-6-4-5-7-14(13)18)21-15-8-11(2)9-20-17(15)22/h4-9,12H,3,10,19H2,1-2H3. The maximum atomic E-state index is 6.36. The van der Waals surface area contributed by atoms with Crippen LogP contribution in [0.5, 0.6) is 0 Å². The molecule has 0 aliphatic heterocycles. The number of benzene rings is 1. The predicted octanol–water partition coefficient (Wildman–Crippen LogP) is 3.80. The Morgan fingerprint density at radius 1 is 1.32 bits per heavy atom. The number of pyridine rings is 1. The number of fused-ring (bicyclic) bond motifs is 1. The molecule has 0 saturated carbocycles. The largest absolute Gasteiger partial charge is 0.326 e. The van der Waals surface area contributed by atoms with Gasteiger partial charge in [0.15, 0.2) is 5.65 Å². The Bertz CT molecular complexity index is 810. The monoisotopic (exact) mass is 314 g/mol. The van der Waals surface area contributed by atoms with E-state index in [0.29, 0.717) is 11.6 Å². The van der Waals surface area contributed by atoms with Gasteiger partial charge in [-0.2, -0.15) is 0 Å². The van der Waals surface area contributed by atoms with Crippen LogP contribution in [0.3, 0.4) is 0 Å². The van der Waals surface area contributed by atoms with Crippen LogP contribution in [0.4, 0.5) is 0 Å². The van der Waals surface area contributed by atoms with Crippen molar-refractivity contribution in [1.29, 1.82) is 0 Å². The molecular weight excluding hydrogens is 296 g/mol. The van der Waals surface area contributed by atoms with Crippen LogP contribution in [0.15, 0.2) is 36.5 Å². The van der Waals surface area contributed by atoms with Crippen LogP contribution in [0.1, 0.15) is 18.9 Å². The molecule has 114 valence electrons. The minimum Gasteiger partial charge on any atom is -0.326 e. The third kappa shape index (κ3) is 2.72. The van der Waals surface area contributed by atoms with E-state index in [4.69, 9.17) is 22.3 Å². The normalized spacial score (nSPS) is 12.7. The van der Waals surface area contributed by atoms with E-state index in [1.54, 1.807) is 0 Å². The molecule has 0 amide bonds. The van der Waals surface area contributed by atoms with Gasteiger partial charge < -0.3 is 10.3 Å². The number of halogens is 1. The summed E-state index contributed by atoms with van der Waals surface area (Å²) < 4.78 is 2.07. The molecule has 1 atom stereocenters. The fraction of sp³-hybridized carbons (Fsp3) is 0.294. The second-order valence-electron chi connectivity index (χ2n) is 5.55. The molecule has 0 radical (unpaired) electrons. The van der Waals surface area contributed by atoms with Crippen molar-refractivity contribution < 1.29 is 0 Å². The maximum Gasteiger partial charge on any atom is 0.160 e. The summed E-state index contributed by atoms with van der Waals surface area (Å²) in [6.45, 7) is 4.76.